The van der Waals surface area contributed by atoms with E-state index in [0.717, 1.165) is 0 Å². The number of carbonyl (C=O) groups excluding carboxylic acids is 1. The Morgan fingerprint density at radius 1 is 1.56 bits per heavy atom. The summed E-state index contributed by atoms with van der Waals surface area (Å²) in [6.07, 6.45) is 2.33. The summed E-state index contributed by atoms with van der Waals surface area (Å²) in [5.74, 6) is 0.327. The number of hydrogen-bond acceptors (Lipinski definition) is 3. The van der Waals surface area contributed by atoms with Gasteiger partial charge in [0.15, 0.2) is 0 Å². The highest BCUT2D eigenvalue weighted by atomic mass is 35.5. The van der Waals surface area contributed by atoms with Gasteiger partial charge in [0.25, 0.3) is 5.91 Å². The van der Waals surface area contributed by atoms with Crippen LogP contribution in [0.5, 0.6) is 0 Å². The molecule has 1 amide bonds. The molecule has 1 aromatic rings. The average molecular weight is 261 g/mol. The van der Waals surface area contributed by atoms with E-state index in [4.69, 9.17) is 11.6 Å². The predicted molar refractivity (Wildman–Crippen MR) is 65.1 cm³/mol. The number of nitrogens with one attached hydrogen (secondary N) is 1. The van der Waals surface area contributed by atoms with Crippen LogP contribution in [0.4, 0.5) is 0 Å². The number of hydrogen-bond donors (Lipinski definition) is 1. The molecule has 0 bridgehead atoms. The highest BCUT2D eigenvalue weighted by Crippen LogP contribution is 2.04. The Hall–Kier alpha value is -0.940. The molecule has 1 heterocycles. The van der Waals surface area contributed by atoms with Gasteiger partial charge < -0.3 is 5.32 Å². The first-order chi connectivity index (χ1) is 7.59. The molecule has 1 rings (SSSR count). The van der Waals surface area contributed by atoms with E-state index in [0.29, 0.717) is 29.6 Å². The second-order valence-electron chi connectivity index (χ2n) is 3.23. The van der Waals surface area contributed by atoms with Crippen LogP contribution in [0.2, 0.25) is 5.15 Å². The van der Waals surface area contributed by atoms with Crippen molar-refractivity contribution in [3.05, 3.63) is 29.0 Å². The summed E-state index contributed by atoms with van der Waals surface area (Å²) in [5, 5.41) is 2.98. The molecule has 0 fully saturated rings. The van der Waals surface area contributed by atoms with Crippen molar-refractivity contribution in [1.82, 2.24) is 10.3 Å². The van der Waals surface area contributed by atoms with Gasteiger partial charge in [-0.3, -0.25) is 9.00 Å². The van der Waals surface area contributed by atoms with Crippen molar-refractivity contribution >= 4 is 28.3 Å². The Bertz CT molecular complexity index is 398. The van der Waals surface area contributed by atoms with E-state index in [1.807, 2.05) is 0 Å². The number of amides is 1. The zero-order chi connectivity index (χ0) is 12.0. The molecular weight excluding hydrogens is 248 g/mol. The van der Waals surface area contributed by atoms with Gasteiger partial charge >= 0.3 is 0 Å². The number of halogens is 1. The maximum Gasteiger partial charge on any atom is 0.269 e. The lowest BCUT2D eigenvalue weighted by molar-refractivity contribution is 0.0949. The maximum absolute atomic E-state index is 11.5. The molecule has 1 atom stereocenters. The Morgan fingerprint density at radius 2 is 2.31 bits per heavy atom. The van der Waals surface area contributed by atoms with Crippen LogP contribution in [0, 0.1) is 0 Å². The predicted octanol–water partition coefficient (Wildman–Crippen LogP) is 1.23. The SMILES string of the molecule is CS(=O)CCCNC(=O)c1cccc(Cl)n1. The van der Waals surface area contributed by atoms with Gasteiger partial charge in [-0.1, -0.05) is 17.7 Å². The molecule has 0 saturated heterocycles. The van der Waals surface area contributed by atoms with Gasteiger partial charge in [-0.05, 0) is 18.6 Å². The quantitative estimate of drug-likeness (QED) is 0.640. The third-order valence-corrected chi connectivity index (χ3v) is 2.92. The van der Waals surface area contributed by atoms with Crippen molar-refractivity contribution in [3.63, 3.8) is 0 Å². The zero-order valence-corrected chi connectivity index (χ0v) is 10.5. The first-order valence-corrected chi connectivity index (χ1v) is 6.91. The van der Waals surface area contributed by atoms with E-state index in [2.05, 4.69) is 10.3 Å². The van der Waals surface area contributed by atoms with E-state index < -0.39 is 10.8 Å². The van der Waals surface area contributed by atoms with Crippen LogP contribution in [0.25, 0.3) is 0 Å². The lowest BCUT2D eigenvalue weighted by Gasteiger charge is -2.03. The Morgan fingerprint density at radius 3 is 2.94 bits per heavy atom. The second kappa shape index (κ2) is 6.60. The van der Waals surface area contributed by atoms with Gasteiger partial charge in [-0.25, -0.2) is 4.98 Å². The first-order valence-electron chi connectivity index (χ1n) is 4.80. The van der Waals surface area contributed by atoms with Crippen molar-refractivity contribution in [2.75, 3.05) is 18.6 Å². The summed E-state index contributed by atoms with van der Waals surface area (Å²) in [6, 6.07) is 4.88. The molecule has 16 heavy (non-hydrogen) atoms. The molecule has 0 aliphatic carbocycles. The summed E-state index contributed by atoms with van der Waals surface area (Å²) in [5.41, 5.74) is 0.296. The first kappa shape index (κ1) is 13.1. The molecular formula is C10H13ClN2O2S. The van der Waals surface area contributed by atoms with Crippen LogP contribution in [-0.2, 0) is 10.8 Å². The van der Waals surface area contributed by atoms with Gasteiger partial charge in [0.05, 0.1) is 0 Å². The molecule has 0 radical (unpaired) electrons. The van der Waals surface area contributed by atoms with E-state index >= 15 is 0 Å². The molecule has 6 heteroatoms. The standard InChI is InChI=1S/C10H13ClN2O2S/c1-16(15)7-3-6-12-10(14)8-4-2-5-9(11)13-8/h2,4-5H,3,6-7H2,1H3,(H,12,14). The Balaban J connectivity index is 2.38. The fourth-order valence-corrected chi connectivity index (χ4v) is 1.82. The third kappa shape index (κ3) is 4.72. The minimum Gasteiger partial charge on any atom is -0.351 e. The molecule has 0 aliphatic heterocycles. The van der Waals surface area contributed by atoms with Crippen molar-refractivity contribution in [1.29, 1.82) is 0 Å². The Labute approximate surface area is 102 Å². The average Bonchev–Trinajstić information content (AvgIpc) is 2.24. The zero-order valence-electron chi connectivity index (χ0n) is 8.90. The lowest BCUT2D eigenvalue weighted by Crippen LogP contribution is -2.26. The fourth-order valence-electron chi connectivity index (χ4n) is 1.10. The fraction of sp³-hybridized carbons (Fsp3) is 0.400. The molecule has 0 saturated carbocycles. The number of aromatic nitrogens is 1. The lowest BCUT2D eigenvalue weighted by atomic mass is 10.3. The van der Waals surface area contributed by atoms with Crippen LogP contribution >= 0.6 is 11.6 Å². The van der Waals surface area contributed by atoms with Gasteiger partial charge in [-0.2, -0.15) is 0 Å². The topological polar surface area (TPSA) is 59.1 Å². The van der Waals surface area contributed by atoms with Crippen LogP contribution in [-0.4, -0.2) is 33.7 Å². The smallest absolute Gasteiger partial charge is 0.269 e. The van der Waals surface area contributed by atoms with Gasteiger partial charge in [0.1, 0.15) is 10.8 Å². The Kier molecular flexibility index (Phi) is 5.42. The normalized spacial score (nSPS) is 12.1. The third-order valence-electron chi connectivity index (χ3n) is 1.84. The summed E-state index contributed by atoms with van der Waals surface area (Å²) in [6.45, 7) is 0.493. The molecule has 1 aromatic heterocycles. The minimum atomic E-state index is -0.816. The number of pyridine rings is 1. The summed E-state index contributed by atoms with van der Waals surface area (Å²) in [4.78, 5) is 15.4. The summed E-state index contributed by atoms with van der Waals surface area (Å²) in [7, 11) is -0.816. The van der Waals surface area contributed by atoms with Crippen LogP contribution in [0.15, 0.2) is 18.2 Å². The van der Waals surface area contributed by atoms with Crippen LogP contribution in [0.3, 0.4) is 0 Å². The van der Waals surface area contributed by atoms with E-state index in [1.165, 1.54) is 0 Å². The minimum absolute atomic E-state index is 0.260. The van der Waals surface area contributed by atoms with Crippen molar-refractivity contribution in [2.45, 2.75) is 6.42 Å². The summed E-state index contributed by atoms with van der Waals surface area (Å²) >= 11 is 5.66. The number of nitrogens with zero attached hydrogens (tertiary/aromatic N) is 1. The van der Waals surface area contributed by atoms with Crippen LogP contribution < -0.4 is 5.32 Å². The van der Waals surface area contributed by atoms with Crippen molar-refractivity contribution < 1.29 is 9.00 Å². The molecule has 0 aromatic carbocycles. The summed E-state index contributed by atoms with van der Waals surface area (Å²) < 4.78 is 10.8. The van der Waals surface area contributed by atoms with E-state index in [9.17, 15) is 9.00 Å². The van der Waals surface area contributed by atoms with Gasteiger partial charge in [-0.15, -0.1) is 0 Å². The number of carbonyl (C=O) groups is 1. The molecule has 0 aliphatic rings. The van der Waals surface area contributed by atoms with Crippen LogP contribution in [0.1, 0.15) is 16.9 Å². The molecule has 88 valence electrons. The monoisotopic (exact) mass is 260 g/mol. The second-order valence-corrected chi connectivity index (χ2v) is 5.17. The highest BCUT2D eigenvalue weighted by Gasteiger charge is 2.06. The van der Waals surface area contributed by atoms with E-state index in [-0.39, 0.29) is 5.91 Å². The highest BCUT2D eigenvalue weighted by molar-refractivity contribution is 7.84. The van der Waals surface area contributed by atoms with Gasteiger partial charge in [0, 0.05) is 29.4 Å². The molecule has 1 unspecified atom stereocenters. The van der Waals surface area contributed by atoms with Gasteiger partial charge in [0.2, 0.25) is 0 Å². The molecule has 0 spiro atoms. The van der Waals surface area contributed by atoms with E-state index in [1.54, 1.807) is 24.5 Å². The molecule has 1 N–H and O–H groups in total. The largest absolute Gasteiger partial charge is 0.351 e. The maximum atomic E-state index is 11.5. The van der Waals surface area contributed by atoms with Crippen molar-refractivity contribution in [3.8, 4) is 0 Å². The molecule has 4 nitrogen and oxygen atoms in total. The number of rotatable bonds is 5. The van der Waals surface area contributed by atoms with Crippen molar-refractivity contribution in [2.24, 2.45) is 0 Å².